The van der Waals surface area contributed by atoms with Gasteiger partial charge in [-0.15, -0.1) is 0 Å². The molecule has 4 rings (SSSR count). The quantitative estimate of drug-likeness (QED) is 0.547. The average Bonchev–Trinajstić information content (AvgIpc) is 2.99. The van der Waals surface area contributed by atoms with Crippen molar-refractivity contribution in [2.45, 2.75) is 19.8 Å². The standard InChI is InChI=1S/C23H22N2O/c1-16(26)24-14-13-21-20-11-4-5-12-22(20)25-23(21)15-18-9-6-8-17-7-2-3-10-19(17)18/h2-12,25H,13-15H2,1H3,(H,24,26). The second kappa shape index (κ2) is 7.04. The minimum absolute atomic E-state index is 0.0143. The number of benzene rings is 3. The Morgan fingerprint density at radius 1 is 0.923 bits per heavy atom. The maximum absolute atomic E-state index is 11.2. The van der Waals surface area contributed by atoms with Gasteiger partial charge in [0, 0.05) is 36.5 Å². The highest BCUT2D eigenvalue weighted by Crippen LogP contribution is 2.27. The molecule has 0 aliphatic rings. The van der Waals surface area contributed by atoms with Crippen LogP contribution in [0.4, 0.5) is 0 Å². The summed E-state index contributed by atoms with van der Waals surface area (Å²) in [6, 6.07) is 23.4. The van der Waals surface area contributed by atoms with Crippen molar-refractivity contribution in [2.75, 3.05) is 6.54 Å². The molecule has 4 aromatic rings. The molecule has 0 spiro atoms. The SMILES string of the molecule is CC(=O)NCCc1c(Cc2cccc3ccccc23)[nH]c2ccccc12. The van der Waals surface area contributed by atoms with E-state index in [2.05, 4.69) is 77.0 Å². The maximum Gasteiger partial charge on any atom is 0.216 e. The predicted octanol–water partition coefficient (Wildman–Crippen LogP) is 4.59. The van der Waals surface area contributed by atoms with Crippen LogP contribution < -0.4 is 5.32 Å². The van der Waals surface area contributed by atoms with Crippen LogP contribution >= 0.6 is 0 Å². The molecule has 0 aliphatic carbocycles. The molecule has 0 aliphatic heterocycles. The van der Waals surface area contributed by atoms with Crippen molar-refractivity contribution in [2.24, 2.45) is 0 Å². The number of para-hydroxylation sites is 1. The van der Waals surface area contributed by atoms with E-state index in [9.17, 15) is 4.79 Å². The van der Waals surface area contributed by atoms with Crippen molar-refractivity contribution < 1.29 is 4.79 Å². The molecule has 0 unspecified atom stereocenters. The van der Waals surface area contributed by atoms with Crippen LogP contribution in [0.15, 0.2) is 66.7 Å². The highest BCUT2D eigenvalue weighted by molar-refractivity contribution is 5.87. The third kappa shape index (κ3) is 3.21. The first-order valence-electron chi connectivity index (χ1n) is 9.02. The Balaban J connectivity index is 1.74. The number of H-pyrrole nitrogens is 1. The topological polar surface area (TPSA) is 44.9 Å². The number of nitrogens with one attached hydrogen (secondary N) is 2. The van der Waals surface area contributed by atoms with Crippen molar-refractivity contribution in [1.82, 2.24) is 10.3 Å². The van der Waals surface area contributed by atoms with Gasteiger partial charge in [0.15, 0.2) is 0 Å². The van der Waals surface area contributed by atoms with Crippen LogP contribution in [0.5, 0.6) is 0 Å². The molecular weight excluding hydrogens is 320 g/mol. The van der Waals surface area contributed by atoms with E-state index in [1.54, 1.807) is 6.92 Å². The molecule has 26 heavy (non-hydrogen) atoms. The summed E-state index contributed by atoms with van der Waals surface area (Å²) in [5.41, 5.74) is 4.99. The van der Waals surface area contributed by atoms with Crippen molar-refractivity contribution in [3.8, 4) is 0 Å². The second-order valence-corrected chi connectivity index (χ2v) is 6.68. The first kappa shape index (κ1) is 16.4. The minimum Gasteiger partial charge on any atom is -0.358 e. The summed E-state index contributed by atoms with van der Waals surface area (Å²) in [5, 5.41) is 6.72. The Labute approximate surface area is 153 Å². The van der Waals surface area contributed by atoms with Crippen molar-refractivity contribution in [3.63, 3.8) is 0 Å². The van der Waals surface area contributed by atoms with Crippen LogP contribution in [0.3, 0.4) is 0 Å². The van der Waals surface area contributed by atoms with Crippen LogP contribution in [0.25, 0.3) is 21.7 Å². The molecule has 2 N–H and O–H groups in total. The monoisotopic (exact) mass is 342 g/mol. The number of aromatic nitrogens is 1. The summed E-state index contributed by atoms with van der Waals surface area (Å²) in [7, 11) is 0. The second-order valence-electron chi connectivity index (χ2n) is 6.68. The third-order valence-electron chi connectivity index (χ3n) is 4.90. The lowest BCUT2D eigenvalue weighted by Gasteiger charge is -2.09. The number of aromatic amines is 1. The molecule has 0 atom stereocenters. The maximum atomic E-state index is 11.2. The van der Waals surface area contributed by atoms with Gasteiger partial charge in [0.05, 0.1) is 0 Å². The van der Waals surface area contributed by atoms with E-state index in [1.807, 2.05) is 0 Å². The van der Waals surface area contributed by atoms with Crippen LogP contribution in [0, 0.1) is 0 Å². The summed E-state index contributed by atoms with van der Waals surface area (Å²) < 4.78 is 0. The van der Waals surface area contributed by atoms with Crippen molar-refractivity contribution >= 4 is 27.6 Å². The van der Waals surface area contributed by atoms with E-state index in [0.717, 1.165) is 18.4 Å². The molecule has 0 bridgehead atoms. The molecular formula is C23H22N2O. The lowest BCUT2D eigenvalue weighted by atomic mass is 9.98. The largest absolute Gasteiger partial charge is 0.358 e. The highest BCUT2D eigenvalue weighted by atomic mass is 16.1. The molecule has 0 saturated heterocycles. The van der Waals surface area contributed by atoms with Gasteiger partial charge in [0.2, 0.25) is 5.91 Å². The molecule has 3 aromatic carbocycles. The highest BCUT2D eigenvalue weighted by Gasteiger charge is 2.13. The fourth-order valence-corrected chi connectivity index (χ4v) is 3.69. The van der Waals surface area contributed by atoms with E-state index in [0.29, 0.717) is 6.54 Å². The summed E-state index contributed by atoms with van der Waals surface area (Å²) in [5.74, 6) is 0.0143. The lowest BCUT2D eigenvalue weighted by Crippen LogP contribution is -2.22. The van der Waals surface area contributed by atoms with Crippen LogP contribution in [-0.2, 0) is 17.6 Å². The fourth-order valence-electron chi connectivity index (χ4n) is 3.69. The molecule has 1 heterocycles. The van der Waals surface area contributed by atoms with E-state index in [4.69, 9.17) is 0 Å². The van der Waals surface area contributed by atoms with Crippen LogP contribution in [0.1, 0.15) is 23.7 Å². The molecule has 0 fully saturated rings. The van der Waals surface area contributed by atoms with Gasteiger partial charge < -0.3 is 10.3 Å². The molecule has 1 aromatic heterocycles. The van der Waals surface area contributed by atoms with Gasteiger partial charge in [-0.25, -0.2) is 0 Å². The van der Waals surface area contributed by atoms with Crippen LogP contribution in [0.2, 0.25) is 0 Å². The normalized spacial score (nSPS) is 11.1. The van der Waals surface area contributed by atoms with Crippen LogP contribution in [-0.4, -0.2) is 17.4 Å². The predicted molar refractivity (Wildman–Crippen MR) is 107 cm³/mol. The Morgan fingerprint density at radius 2 is 1.65 bits per heavy atom. The van der Waals surface area contributed by atoms with Gasteiger partial charge >= 0.3 is 0 Å². The molecule has 0 saturated carbocycles. The number of hydrogen-bond acceptors (Lipinski definition) is 1. The van der Waals surface area contributed by atoms with E-state index in [1.165, 1.54) is 33.0 Å². The summed E-state index contributed by atoms with van der Waals surface area (Å²) in [6.07, 6.45) is 1.68. The Kier molecular flexibility index (Phi) is 4.44. The van der Waals surface area contributed by atoms with Crippen molar-refractivity contribution in [1.29, 1.82) is 0 Å². The molecule has 3 nitrogen and oxygen atoms in total. The Morgan fingerprint density at radius 3 is 2.50 bits per heavy atom. The van der Waals surface area contributed by atoms with Gasteiger partial charge in [0.25, 0.3) is 0 Å². The smallest absolute Gasteiger partial charge is 0.216 e. The number of rotatable bonds is 5. The van der Waals surface area contributed by atoms with Gasteiger partial charge in [-0.1, -0.05) is 60.7 Å². The number of amides is 1. The van der Waals surface area contributed by atoms with E-state index in [-0.39, 0.29) is 5.91 Å². The van der Waals surface area contributed by atoms with Gasteiger partial charge in [0.1, 0.15) is 0 Å². The van der Waals surface area contributed by atoms with E-state index < -0.39 is 0 Å². The first-order valence-corrected chi connectivity index (χ1v) is 9.02. The van der Waals surface area contributed by atoms with Gasteiger partial charge in [-0.3, -0.25) is 4.79 Å². The number of fused-ring (bicyclic) bond motifs is 2. The zero-order valence-corrected chi connectivity index (χ0v) is 14.9. The summed E-state index contributed by atoms with van der Waals surface area (Å²) >= 11 is 0. The molecule has 3 heteroatoms. The Bertz CT molecular complexity index is 1070. The average molecular weight is 342 g/mol. The van der Waals surface area contributed by atoms with E-state index >= 15 is 0 Å². The zero-order chi connectivity index (χ0) is 17.9. The fraction of sp³-hybridized carbons (Fsp3) is 0.174. The molecule has 130 valence electrons. The summed E-state index contributed by atoms with van der Waals surface area (Å²) in [6.45, 7) is 2.21. The van der Waals surface area contributed by atoms with Crippen molar-refractivity contribution in [3.05, 3.63) is 83.6 Å². The first-order chi connectivity index (χ1) is 12.7. The third-order valence-corrected chi connectivity index (χ3v) is 4.90. The minimum atomic E-state index is 0.0143. The lowest BCUT2D eigenvalue weighted by molar-refractivity contribution is -0.118. The zero-order valence-electron chi connectivity index (χ0n) is 14.9. The van der Waals surface area contributed by atoms with Gasteiger partial charge in [-0.05, 0) is 34.4 Å². The number of hydrogen-bond donors (Lipinski definition) is 2. The summed E-state index contributed by atoms with van der Waals surface area (Å²) in [4.78, 5) is 14.8. The van der Waals surface area contributed by atoms with Gasteiger partial charge in [-0.2, -0.15) is 0 Å². The number of carbonyl (C=O) groups is 1. The Hall–Kier alpha value is -3.07. The molecule has 0 radical (unpaired) electrons. The molecule has 1 amide bonds. The number of carbonyl (C=O) groups excluding carboxylic acids is 1.